The summed E-state index contributed by atoms with van der Waals surface area (Å²) in [7, 11) is 0. The summed E-state index contributed by atoms with van der Waals surface area (Å²) in [6.45, 7) is 7.89. The zero-order chi connectivity index (χ0) is 14.7. The van der Waals surface area contributed by atoms with Gasteiger partial charge in [0.2, 0.25) is 5.91 Å². The Bertz CT molecular complexity index is 338. The predicted octanol–water partition coefficient (Wildman–Crippen LogP) is 2.96. The van der Waals surface area contributed by atoms with Gasteiger partial charge in [-0.05, 0) is 18.3 Å². The molecular formula is C15H27NO3. The molecule has 1 fully saturated rings. The van der Waals surface area contributed by atoms with Gasteiger partial charge in [0.1, 0.15) is 0 Å². The highest BCUT2D eigenvalue weighted by molar-refractivity contribution is 5.83. The highest BCUT2D eigenvalue weighted by atomic mass is 16.4. The quantitative estimate of drug-likeness (QED) is 0.824. The third-order valence-corrected chi connectivity index (χ3v) is 4.23. The van der Waals surface area contributed by atoms with E-state index in [0.717, 1.165) is 25.7 Å². The van der Waals surface area contributed by atoms with Gasteiger partial charge in [-0.3, -0.25) is 9.59 Å². The molecule has 0 radical (unpaired) electrons. The number of hydrogen-bond acceptors (Lipinski definition) is 2. The predicted molar refractivity (Wildman–Crippen MR) is 74.8 cm³/mol. The van der Waals surface area contributed by atoms with Crippen molar-refractivity contribution < 1.29 is 14.7 Å². The van der Waals surface area contributed by atoms with Crippen LogP contribution < -0.4 is 5.32 Å². The highest BCUT2D eigenvalue weighted by Gasteiger charge is 2.37. The largest absolute Gasteiger partial charge is 0.481 e. The minimum atomic E-state index is -0.867. The number of carbonyl (C=O) groups excluding carboxylic acids is 1. The van der Waals surface area contributed by atoms with Gasteiger partial charge in [0.05, 0.1) is 6.42 Å². The van der Waals surface area contributed by atoms with E-state index in [1.165, 1.54) is 6.42 Å². The van der Waals surface area contributed by atoms with E-state index in [0.29, 0.717) is 0 Å². The summed E-state index contributed by atoms with van der Waals surface area (Å²) in [5.74, 6) is -0.845. The van der Waals surface area contributed by atoms with Crippen LogP contribution in [0.15, 0.2) is 0 Å². The molecule has 0 aromatic heterocycles. The summed E-state index contributed by atoms with van der Waals surface area (Å²) < 4.78 is 0. The molecule has 0 heterocycles. The molecule has 1 saturated carbocycles. The molecule has 1 unspecified atom stereocenters. The fourth-order valence-electron chi connectivity index (χ4n) is 2.64. The Morgan fingerprint density at radius 2 is 1.74 bits per heavy atom. The maximum atomic E-state index is 12.5. The van der Waals surface area contributed by atoms with Crippen LogP contribution in [0, 0.1) is 10.8 Å². The maximum Gasteiger partial charge on any atom is 0.305 e. The molecule has 4 nitrogen and oxygen atoms in total. The number of rotatable bonds is 4. The molecule has 2 N–H and O–H groups in total. The molecule has 19 heavy (non-hydrogen) atoms. The molecular weight excluding hydrogens is 242 g/mol. The molecule has 110 valence electrons. The van der Waals surface area contributed by atoms with Crippen molar-refractivity contribution in [1.29, 1.82) is 0 Å². The smallest absolute Gasteiger partial charge is 0.305 e. The number of amides is 1. The van der Waals surface area contributed by atoms with Crippen LogP contribution in [0.3, 0.4) is 0 Å². The molecule has 0 aliphatic heterocycles. The first-order valence-electron chi connectivity index (χ1n) is 7.18. The van der Waals surface area contributed by atoms with Gasteiger partial charge in [-0.25, -0.2) is 0 Å². The zero-order valence-corrected chi connectivity index (χ0v) is 12.6. The average molecular weight is 269 g/mol. The number of nitrogens with one attached hydrogen (secondary N) is 1. The number of carboxylic acids is 1. The van der Waals surface area contributed by atoms with Gasteiger partial charge in [0.25, 0.3) is 0 Å². The molecule has 4 heteroatoms. The molecule has 1 aliphatic carbocycles. The number of carboxylic acid groups (broad SMARTS) is 1. The van der Waals surface area contributed by atoms with E-state index in [2.05, 4.69) is 5.32 Å². The Hall–Kier alpha value is -1.06. The summed E-state index contributed by atoms with van der Waals surface area (Å²) in [4.78, 5) is 23.4. The van der Waals surface area contributed by atoms with E-state index < -0.39 is 5.97 Å². The van der Waals surface area contributed by atoms with E-state index in [1.54, 1.807) is 0 Å². The monoisotopic (exact) mass is 269 g/mol. The normalized spacial score (nSPS) is 20.6. The van der Waals surface area contributed by atoms with Gasteiger partial charge >= 0.3 is 5.97 Å². The summed E-state index contributed by atoms with van der Waals surface area (Å²) in [6, 6.07) is -0.323. The van der Waals surface area contributed by atoms with Gasteiger partial charge in [-0.2, -0.15) is 0 Å². The van der Waals surface area contributed by atoms with E-state index >= 15 is 0 Å². The molecule has 0 spiro atoms. The van der Waals surface area contributed by atoms with E-state index in [9.17, 15) is 9.59 Å². The van der Waals surface area contributed by atoms with Gasteiger partial charge in [0.15, 0.2) is 0 Å². The fraction of sp³-hybridized carbons (Fsp3) is 0.867. The minimum absolute atomic E-state index is 0.0216. The van der Waals surface area contributed by atoms with Crippen molar-refractivity contribution in [2.75, 3.05) is 0 Å². The molecule has 0 saturated heterocycles. The second kappa shape index (κ2) is 5.93. The second-order valence-electron chi connectivity index (χ2n) is 7.11. The second-order valence-corrected chi connectivity index (χ2v) is 7.11. The van der Waals surface area contributed by atoms with Crippen molar-refractivity contribution in [3.63, 3.8) is 0 Å². The fourth-order valence-corrected chi connectivity index (χ4v) is 2.64. The van der Waals surface area contributed by atoms with E-state index in [4.69, 9.17) is 5.11 Å². The molecule has 0 bridgehead atoms. The molecule has 1 rings (SSSR count). The average Bonchev–Trinajstić information content (AvgIpc) is 2.27. The third kappa shape index (κ3) is 4.51. The first-order valence-corrected chi connectivity index (χ1v) is 7.18. The van der Waals surface area contributed by atoms with E-state index in [-0.39, 0.29) is 29.2 Å². The Morgan fingerprint density at radius 3 is 2.16 bits per heavy atom. The Kier molecular flexibility index (Phi) is 4.99. The summed E-state index contributed by atoms with van der Waals surface area (Å²) in [5, 5.41) is 12.0. The first-order chi connectivity index (χ1) is 8.65. The number of carbonyl (C=O) groups is 2. The topological polar surface area (TPSA) is 66.4 Å². The molecule has 0 aromatic carbocycles. The van der Waals surface area contributed by atoms with Crippen molar-refractivity contribution in [2.45, 2.75) is 72.3 Å². The van der Waals surface area contributed by atoms with Crippen molar-refractivity contribution in [3.05, 3.63) is 0 Å². The summed E-state index contributed by atoms with van der Waals surface area (Å²) >= 11 is 0. The van der Waals surface area contributed by atoms with Crippen LogP contribution in [0.25, 0.3) is 0 Å². The lowest BCUT2D eigenvalue weighted by Gasteiger charge is -2.37. The van der Waals surface area contributed by atoms with Crippen molar-refractivity contribution in [3.8, 4) is 0 Å². The third-order valence-electron chi connectivity index (χ3n) is 4.23. The SMILES string of the molecule is CC1(C(=O)NC(CC(=O)O)C(C)(C)C)CCCCC1. The van der Waals surface area contributed by atoms with Crippen LogP contribution in [0.4, 0.5) is 0 Å². The van der Waals surface area contributed by atoms with Crippen molar-refractivity contribution in [2.24, 2.45) is 10.8 Å². The number of hydrogen-bond donors (Lipinski definition) is 2. The van der Waals surface area contributed by atoms with Crippen LogP contribution in [-0.2, 0) is 9.59 Å². The highest BCUT2D eigenvalue weighted by Crippen LogP contribution is 2.36. The molecule has 1 aliphatic rings. The van der Waals surface area contributed by atoms with Crippen LogP contribution in [-0.4, -0.2) is 23.0 Å². The lowest BCUT2D eigenvalue weighted by molar-refractivity contribution is -0.139. The van der Waals surface area contributed by atoms with Crippen LogP contribution in [0.5, 0.6) is 0 Å². The minimum Gasteiger partial charge on any atom is -0.481 e. The van der Waals surface area contributed by atoms with Gasteiger partial charge in [0, 0.05) is 11.5 Å². The van der Waals surface area contributed by atoms with Crippen molar-refractivity contribution >= 4 is 11.9 Å². The van der Waals surface area contributed by atoms with E-state index in [1.807, 2.05) is 27.7 Å². The summed E-state index contributed by atoms with van der Waals surface area (Å²) in [5.41, 5.74) is -0.570. The molecule has 1 atom stereocenters. The first kappa shape index (κ1) is 16.0. The Balaban J connectivity index is 2.72. The molecule has 0 aromatic rings. The van der Waals surface area contributed by atoms with Gasteiger partial charge in [-0.15, -0.1) is 0 Å². The lowest BCUT2D eigenvalue weighted by atomic mass is 9.74. The number of aliphatic carboxylic acids is 1. The van der Waals surface area contributed by atoms with Gasteiger partial charge in [-0.1, -0.05) is 47.0 Å². The lowest BCUT2D eigenvalue weighted by Crippen LogP contribution is -2.50. The van der Waals surface area contributed by atoms with Crippen LogP contribution in [0.1, 0.15) is 66.2 Å². The van der Waals surface area contributed by atoms with Crippen molar-refractivity contribution in [1.82, 2.24) is 5.32 Å². The van der Waals surface area contributed by atoms with Gasteiger partial charge < -0.3 is 10.4 Å². The zero-order valence-electron chi connectivity index (χ0n) is 12.6. The Labute approximate surface area is 116 Å². The maximum absolute atomic E-state index is 12.5. The Morgan fingerprint density at radius 1 is 1.21 bits per heavy atom. The summed E-state index contributed by atoms with van der Waals surface area (Å²) in [6.07, 6.45) is 5.16. The standard InChI is InChI=1S/C15H27NO3/c1-14(2,3)11(10-12(17)18)16-13(19)15(4)8-6-5-7-9-15/h11H,5-10H2,1-4H3,(H,16,19)(H,17,18). The van der Waals surface area contributed by atoms with Crippen LogP contribution in [0.2, 0.25) is 0 Å². The molecule has 1 amide bonds. The van der Waals surface area contributed by atoms with Crippen LogP contribution >= 0.6 is 0 Å².